The molecule has 142 valence electrons. The number of hydrogen-bond donors (Lipinski definition) is 1. The molecule has 0 amide bonds. The van der Waals surface area contributed by atoms with Crippen LogP contribution in [0, 0.1) is 19.0 Å². The van der Waals surface area contributed by atoms with Gasteiger partial charge in [0.05, 0.1) is 22.9 Å². The number of hydrogen-bond acceptors (Lipinski definition) is 4. The zero-order chi connectivity index (χ0) is 20.1. The van der Waals surface area contributed by atoms with Crippen molar-refractivity contribution in [3.63, 3.8) is 0 Å². The Morgan fingerprint density at radius 1 is 1.04 bits per heavy atom. The quantitative estimate of drug-likeness (QED) is 0.668. The van der Waals surface area contributed by atoms with Gasteiger partial charge in [-0.25, -0.2) is 8.42 Å². The number of aryl methyl sites for hydroxylation is 1. The highest BCUT2D eigenvalue weighted by molar-refractivity contribution is 7.91. The van der Waals surface area contributed by atoms with E-state index < -0.39 is 16.4 Å². The Hall–Kier alpha value is -3.01. The third-order valence-electron chi connectivity index (χ3n) is 4.27. The van der Waals surface area contributed by atoms with Crippen LogP contribution in [-0.2, 0) is 9.84 Å². The van der Waals surface area contributed by atoms with Crippen LogP contribution in [0.4, 0.5) is 4.39 Å². The average molecular weight is 395 g/mol. The van der Waals surface area contributed by atoms with Crippen LogP contribution < -0.4 is 0 Å². The molecule has 6 heteroatoms. The zero-order valence-electron chi connectivity index (χ0n) is 15.2. The van der Waals surface area contributed by atoms with E-state index in [-0.39, 0.29) is 10.6 Å². The highest BCUT2D eigenvalue weighted by Crippen LogP contribution is 2.30. The molecule has 1 N–H and O–H groups in total. The Bertz CT molecular complexity index is 1160. The predicted molar refractivity (Wildman–Crippen MR) is 107 cm³/mol. The molecule has 2 aromatic carbocycles. The summed E-state index contributed by atoms with van der Waals surface area (Å²) < 4.78 is 36.8. The normalized spacial score (nSPS) is 11.0. The summed E-state index contributed by atoms with van der Waals surface area (Å²) in [5, 5.41) is 8.91. The van der Waals surface area contributed by atoms with Crippen molar-refractivity contribution in [3.05, 3.63) is 71.9 Å². The van der Waals surface area contributed by atoms with Crippen LogP contribution in [0.1, 0.15) is 11.3 Å². The molecule has 0 fully saturated rings. The molecule has 3 rings (SSSR count). The van der Waals surface area contributed by atoms with Gasteiger partial charge in [-0.3, -0.25) is 4.98 Å². The summed E-state index contributed by atoms with van der Waals surface area (Å²) in [6.07, 6.45) is 1.43. The molecular weight excluding hydrogens is 377 g/mol. The molecule has 0 bridgehead atoms. The minimum Gasteiger partial charge on any atom is -0.395 e. The van der Waals surface area contributed by atoms with E-state index in [1.54, 1.807) is 18.2 Å². The van der Waals surface area contributed by atoms with Gasteiger partial charge in [0.1, 0.15) is 6.17 Å². The number of aliphatic hydroxyl groups is 1. The first kappa shape index (κ1) is 19.7. The Morgan fingerprint density at radius 3 is 2.39 bits per heavy atom. The second kappa shape index (κ2) is 8.34. The van der Waals surface area contributed by atoms with Crippen molar-refractivity contribution < 1.29 is 17.9 Å². The maximum absolute atomic E-state index is 12.7. The molecule has 3 aromatic rings. The van der Waals surface area contributed by atoms with Gasteiger partial charge in [-0.1, -0.05) is 24.3 Å². The van der Waals surface area contributed by atoms with Crippen molar-refractivity contribution in [2.45, 2.75) is 11.8 Å². The van der Waals surface area contributed by atoms with Crippen LogP contribution in [0.5, 0.6) is 0 Å². The standard InChI is InChI=1S/C22H18FNO3S/c1-16-3-2-4-22(24-16)19-6-5-18(11-12-23)21(15-19)17-7-9-20(10-8-17)28(26,27)14-13-25/h2-10,15,25H,13-14H2,1H3. The van der Waals surface area contributed by atoms with E-state index in [1.807, 2.05) is 37.3 Å². The average Bonchev–Trinajstić information content (AvgIpc) is 2.69. The summed E-state index contributed by atoms with van der Waals surface area (Å²) in [7, 11) is -3.53. The molecular formula is C22H18FNO3S. The van der Waals surface area contributed by atoms with Crippen molar-refractivity contribution >= 4 is 9.84 Å². The molecule has 0 spiro atoms. The van der Waals surface area contributed by atoms with E-state index in [9.17, 15) is 12.8 Å². The van der Waals surface area contributed by atoms with Crippen molar-refractivity contribution in [2.75, 3.05) is 12.4 Å². The largest absolute Gasteiger partial charge is 0.395 e. The number of nitrogens with zero attached hydrogens (tertiary/aromatic N) is 1. The van der Waals surface area contributed by atoms with E-state index in [4.69, 9.17) is 5.11 Å². The first-order chi connectivity index (χ1) is 13.4. The maximum Gasteiger partial charge on any atom is 0.180 e. The highest BCUT2D eigenvalue weighted by Gasteiger charge is 2.14. The van der Waals surface area contributed by atoms with E-state index in [0.717, 1.165) is 17.0 Å². The fourth-order valence-corrected chi connectivity index (χ4v) is 3.91. The fraction of sp³-hybridized carbons (Fsp3) is 0.136. The molecule has 1 heterocycles. The van der Waals surface area contributed by atoms with Crippen LogP contribution in [0.3, 0.4) is 0 Å². The number of aliphatic hydroxyl groups excluding tert-OH is 1. The number of benzene rings is 2. The van der Waals surface area contributed by atoms with Gasteiger partial charge in [0.25, 0.3) is 0 Å². The van der Waals surface area contributed by atoms with Gasteiger partial charge in [0, 0.05) is 16.8 Å². The van der Waals surface area contributed by atoms with Gasteiger partial charge in [-0.2, -0.15) is 0 Å². The topological polar surface area (TPSA) is 67.3 Å². The molecule has 0 unspecified atom stereocenters. The lowest BCUT2D eigenvalue weighted by atomic mass is 9.96. The highest BCUT2D eigenvalue weighted by atomic mass is 32.2. The van der Waals surface area contributed by atoms with E-state index in [2.05, 4.69) is 10.9 Å². The molecule has 0 aliphatic rings. The Morgan fingerprint density at radius 2 is 1.75 bits per heavy atom. The molecule has 1 aromatic heterocycles. The second-order valence-corrected chi connectivity index (χ2v) is 8.32. The van der Waals surface area contributed by atoms with Crippen LogP contribution >= 0.6 is 0 Å². The summed E-state index contributed by atoms with van der Waals surface area (Å²) in [6.45, 7) is 1.46. The van der Waals surface area contributed by atoms with Crippen LogP contribution in [-0.4, -0.2) is 30.9 Å². The summed E-state index contributed by atoms with van der Waals surface area (Å²) in [5.41, 5.74) is 4.38. The van der Waals surface area contributed by atoms with Gasteiger partial charge < -0.3 is 5.11 Å². The molecule has 0 atom stereocenters. The molecule has 0 aliphatic heterocycles. The molecule has 0 saturated carbocycles. The van der Waals surface area contributed by atoms with Gasteiger partial charge >= 0.3 is 0 Å². The third-order valence-corrected chi connectivity index (χ3v) is 5.98. The predicted octanol–water partition coefficient (Wildman–Crippen LogP) is 3.77. The molecule has 0 saturated heterocycles. The van der Waals surface area contributed by atoms with Crippen LogP contribution in [0.15, 0.2) is 65.6 Å². The van der Waals surface area contributed by atoms with Gasteiger partial charge in [-0.15, -0.1) is 4.39 Å². The monoisotopic (exact) mass is 395 g/mol. The summed E-state index contributed by atoms with van der Waals surface area (Å²) >= 11 is 0. The molecule has 28 heavy (non-hydrogen) atoms. The summed E-state index contributed by atoms with van der Waals surface area (Å²) in [5.74, 6) is 2.11. The van der Waals surface area contributed by atoms with E-state index in [0.29, 0.717) is 16.7 Å². The smallest absolute Gasteiger partial charge is 0.180 e. The van der Waals surface area contributed by atoms with E-state index >= 15 is 0 Å². The summed E-state index contributed by atoms with van der Waals surface area (Å²) in [4.78, 5) is 4.63. The second-order valence-electron chi connectivity index (χ2n) is 6.21. The number of aromatic nitrogens is 1. The number of rotatable bonds is 5. The maximum atomic E-state index is 12.7. The Kier molecular flexibility index (Phi) is 5.88. The van der Waals surface area contributed by atoms with Gasteiger partial charge in [-0.05, 0) is 60.4 Å². The first-order valence-electron chi connectivity index (χ1n) is 8.58. The third kappa shape index (κ3) is 4.28. The molecule has 0 radical (unpaired) electrons. The number of sulfone groups is 1. The van der Waals surface area contributed by atoms with Crippen molar-refractivity contribution in [1.29, 1.82) is 0 Å². The first-order valence-corrected chi connectivity index (χ1v) is 10.2. The van der Waals surface area contributed by atoms with Crippen molar-refractivity contribution in [1.82, 2.24) is 4.98 Å². The van der Waals surface area contributed by atoms with Crippen LogP contribution in [0.2, 0.25) is 0 Å². The summed E-state index contributed by atoms with van der Waals surface area (Å²) in [6, 6.07) is 17.4. The minimum atomic E-state index is -3.53. The number of pyridine rings is 1. The molecule has 4 nitrogen and oxygen atoms in total. The van der Waals surface area contributed by atoms with Gasteiger partial charge in [0.15, 0.2) is 9.84 Å². The van der Waals surface area contributed by atoms with Crippen molar-refractivity contribution in [3.8, 4) is 34.5 Å². The van der Waals surface area contributed by atoms with Gasteiger partial charge in [0.2, 0.25) is 0 Å². The number of halogens is 1. The van der Waals surface area contributed by atoms with Crippen LogP contribution in [0.25, 0.3) is 22.4 Å². The SMILES string of the molecule is Cc1cccc(-c2ccc(C#CF)c(-c3ccc(S(=O)(=O)CCO)cc3)c2)n1. The molecule has 0 aliphatic carbocycles. The minimum absolute atomic E-state index is 0.125. The lowest BCUT2D eigenvalue weighted by Crippen LogP contribution is -2.09. The zero-order valence-corrected chi connectivity index (χ0v) is 16.0. The lowest BCUT2D eigenvalue weighted by Gasteiger charge is -2.10. The lowest BCUT2D eigenvalue weighted by molar-refractivity contribution is 0.319. The Labute approximate surface area is 163 Å². The van der Waals surface area contributed by atoms with E-state index in [1.165, 1.54) is 18.3 Å². The van der Waals surface area contributed by atoms with Crippen molar-refractivity contribution in [2.24, 2.45) is 0 Å². The fourth-order valence-electron chi connectivity index (χ4n) is 2.89. The Balaban J connectivity index is 2.08.